The lowest BCUT2D eigenvalue weighted by atomic mass is 10.2. The van der Waals surface area contributed by atoms with Crippen molar-refractivity contribution in [2.24, 2.45) is 0 Å². The van der Waals surface area contributed by atoms with Crippen molar-refractivity contribution in [3.8, 4) is 0 Å². The fraction of sp³-hybridized carbons (Fsp3) is 0.417. The predicted octanol–water partition coefficient (Wildman–Crippen LogP) is 2.28. The molecule has 1 unspecified atom stereocenters. The normalized spacial score (nSPS) is 13.1. The zero-order chi connectivity index (χ0) is 14.8. The van der Waals surface area contributed by atoms with Crippen LogP contribution in [0, 0.1) is 6.92 Å². The Kier molecular flexibility index (Phi) is 4.81. The van der Waals surface area contributed by atoms with E-state index in [0.717, 1.165) is 16.1 Å². The minimum Gasteiger partial charge on any atom is -0.480 e. The van der Waals surface area contributed by atoms with Crippen LogP contribution in [0.15, 0.2) is 18.2 Å². The molecule has 19 heavy (non-hydrogen) atoms. The van der Waals surface area contributed by atoms with Crippen LogP contribution in [0.2, 0.25) is 5.02 Å². The maximum Gasteiger partial charge on any atom is 0.327 e. The SMILES string of the molecule is CCC(C(=O)O)N(c1ccc(C)c(Cl)c1)S(C)(=O)=O. The van der Waals surface area contributed by atoms with Crippen molar-refractivity contribution in [2.75, 3.05) is 10.6 Å². The first-order chi connectivity index (χ1) is 8.68. The number of anilines is 1. The first-order valence-electron chi connectivity index (χ1n) is 5.66. The summed E-state index contributed by atoms with van der Waals surface area (Å²) in [5, 5.41) is 9.55. The van der Waals surface area contributed by atoms with E-state index in [2.05, 4.69) is 0 Å². The monoisotopic (exact) mass is 305 g/mol. The Morgan fingerprint density at radius 3 is 2.42 bits per heavy atom. The molecule has 0 radical (unpaired) electrons. The fourth-order valence-electron chi connectivity index (χ4n) is 1.76. The van der Waals surface area contributed by atoms with Crippen molar-refractivity contribution < 1.29 is 18.3 Å². The van der Waals surface area contributed by atoms with Crippen LogP contribution in [-0.2, 0) is 14.8 Å². The van der Waals surface area contributed by atoms with Crippen LogP contribution in [0.5, 0.6) is 0 Å². The lowest BCUT2D eigenvalue weighted by molar-refractivity contribution is -0.138. The van der Waals surface area contributed by atoms with Crippen molar-refractivity contribution >= 4 is 33.3 Å². The van der Waals surface area contributed by atoms with Crippen molar-refractivity contribution in [1.82, 2.24) is 0 Å². The van der Waals surface area contributed by atoms with E-state index in [4.69, 9.17) is 16.7 Å². The third kappa shape index (κ3) is 3.61. The Bertz CT molecular complexity index is 585. The third-order valence-electron chi connectivity index (χ3n) is 2.72. The third-order valence-corrected chi connectivity index (χ3v) is 4.31. The van der Waals surface area contributed by atoms with Crippen molar-refractivity contribution in [1.29, 1.82) is 0 Å². The van der Waals surface area contributed by atoms with Crippen LogP contribution < -0.4 is 4.31 Å². The quantitative estimate of drug-likeness (QED) is 0.905. The zero-order valence-corrected chi connectivity index (χ0v) is 12.5. The summed E-state index contributed by atoms with van der Waals surface area (Å²) in [4.78, 5) is 11.2. The molecule has 5 nitrogen and oxygen atoms in total. The highest BCUT2D eigenvalue weighted by molar-refractivity contribution is 7.92. The molecule has 106 valence electrons. The molecule has 0 aliphatic carbocycles. The number of halogens is 1. The van der Waals surface area contributed by atoms with Crippen LogP contribution in [0.4, 0.5) is 5.69 Å². The number of carboxylic acid groups (broad SMARTS) is 1. The second-order valence-corrected chi connectivity index (χ2v) is 6.52. The van der Waals surface area contributed by atoms with Gasteiger partial charge in [0.15, 0.2) is 0 Å². The smallest absolute Gasteiger partial charge is 0.327 e. The molecule has 1 N–H and O–H groups in total. The highest BCUT2D eigenvalue weighted by atomic mass is 35.5. The Morgan fingerprint density at radius 2 is 2.05 bits per heavy atom. The Balaban J connectivity index is 3.40. The second kappa shape index (κ2) is 5.79. The van der Waals surface area contributed by atoms with E-state index in [0.29, 0.717) is 5.02 Å². The molecule has 0 saturated heterocycles. The van der Waals surface area contributed by atoms with Crippen molar-refractivity contribution in [2.45, 2.75) is 26.3 Å². The van der Waals surface area contributed by atoms with Gasteiger partial charge in [0.2, 0.25) is 10.0 Å². The molecule has 0 aromatic heterocycles. The van der Waals surface area contributed by atoms with E-state index >= 15 is 0 Å². The molecule has 0 bridgehead atoms. The lowest BCUT2D eigenvalue weighted by Crippen LogP contribution is -2.44. The van der Waals surface area contributed by atoms with Gasteiger partial charge in [-0.25, -0.2) is 13.2 Å². The predicted molar refractivity (Wildman–Crippen MR) is 75.2 cm³/mol. The molecule has 1 aromatic rings. The highest BCUT2D eigenvalue weighted by Gasteiger charge is 2.31. The van der Waals surface area contributed by atoms with Gasteiger partial charge in [0.05, 0.1) is 11.9 Å². The number of hydrogen-bond donors (Lipinski definition) is 1. The number of aliphatic carboxylic acids is 1. The van der Waals surface area contributed by atoms with E-state index in [1.807, 2.05) is 0 Å². The van der Waals surface area contributed by atoms with E-state index in [1.54, 1.807) is 26.0 Å². The molecule has 1 aromatic carbocycles. The molecular weight excluding hydrogens is 290 g/mol. The Morgan fingerprint density at radius 1 is 1.47 bits per heavy atom. The molecule has 1 rings (SSSR count). The number of aryl methyl sites for hydroxylation is 1. The number of hydrogen-bond acceptors (Lipinski definition) is 3. The minimum absolute atomic E-state index is 0.161. The molecule has 0 fully saturated rings. The van der Waals surface area contributed by atoms with Gasteiger partial charge in [0.1, 0.15) is 6.04 Å². The maximum absolute atomic E-state index is 11.9. The number of nitrogens with zero attached hydrogens (tertiary/aromatic N) is 1. The average Bonchev–Trinajstić information content (AvgIpc) is 2.27. The molecule has 0 amide bonds. The second-order valence-electron chi connectivity index (χ2n) is 4.25. The van der Waals surface area contributed by atoms with Gasteiger partial charge in [-0.15, -0.1) is 0 Å². The Hall–Kier alpha value is -1.27. The molecule has 0 aliphatic rings. The van der Waals surface area contributed by atoms with Gasteiger partial charge in [0, 0.05) is 5.02 Å². The van der Waals surface area contributed by atoms with Gasteiger partial charge < -0.3 is 5.11 Å². The van der Waals surface area contributed by atoms with Crippen LogP contribution >= 0.6 is 11.6 Å². The van der Waals surface area contributed by atoms with Gasteiger partial charge in [0.25, 0.3) is 0 Å². The molecular formula is C12H16ClNO4S. The van der Waals surface area contributed by atoms with Crippen LogP contribution in [0.1, 0.15) is 18.9 Å². The van der Waals surface area contributed by atoms with E-state index in [1.165, 1.54) is 6.07 Å². The van der Waals surface area contributed by atoms with Crippen LogP contribution in [-0.4, -0.2) is 31.8 Å². The zero-order valence-electron chi connectivity index (χ0n) is 10.9. The average molecular weight is 306 g/mol. The maximum atomic E-state index is 11.9. The number of carbonyl (C=O) groups is 1. The van der Waals surface area contributed by atoms with Crippen molar-refractivity contribution in [3.63, 3.8) is 0 Å². The first kappa shape index (κ1) is 15.8. The molecule has 0 spiro atoms. The van der Waals surface area contributed by atoms with Gasteiger partial charge in [-0.1, -0.05) is 24.6 Å². The summed E-state index contributed by atoms with van der Waals surface area (Å²) in [7, 11) is -3.71. The number of carboxylic acids is 1. The van der Waals surface area contributed by atoms with Gasteiger partial charge in [-0.3, -0.25) is 4.31 Å². The summed E-state index contributed by atoms with van der Waals surface area (Å²) < 4.78 is 24.6. The first-order valence-corrected chi connectivity index (χ1v) is 7.89. The Labute approximate surface area is 117 Å². The number of sulfonamides is 1. The summed E-state index contributed by atoms with van der Waals surface area (Å²) in [5.41, 5.74) is 1.05. The van der Waals surface area contributed by atoms with Gasteiger partial charge in [-0.05, 0) is 31.0 Å². The summed E-state index contributed by atoms with van der Waals surface area (Å²) in [5.74, 6) is -1.19. The lowest BCUT2D eigenvalue weighted by Gasteiger charge is -2.28. The minimum atomic E-state index is -3.71. The summed E-state index contributed by atoms with van der Waals surface area (Å²) in [6.07, 6.45) is 1.14. The highest BCUT2D eigenvalue weighted by Crippen LogP contribution is 2.27. The molecule has 0 aliphatic heterocycles. The van der Waals surface area contributed by atoms with E-state index in [9.17, 15) is 13.2 Å². The largest absolute Gasteiger partial charge is 0.480 e. The summed E-state index contributed by atoms with van der Waals surface area (Å²) >= 11 is 5.97. The summed E-state index contributed by atoms with van der Waals surface area (Å²) in [6, 6.07) is 3.52. The fourth-order valence-corrected chi connectivity index (χ4v) is 3.13. The van der Waals surface area contributed by atoms with Gasteiger partial charge in [-0.2, -0.15) is 0 Å². The van der Waals surface area contributed by atoms with Crippen LogP contribution in [0.3, 0.4) is 0 Å². The molecule has 0 heterocycles. The van der Waals surface area contributed by atoms with Crippen LogP contribution in [0.25, 0.3) is 0 Å². The standard InChI is InChI=1S/C12H16ClNO4S/c1-4-11(12(15)16)14(19(3,17)18)9-6-5-8(2)10(13)7-9/h5-7,11H,4H2,1-3H3,(H,15,16). The van der Waals surface area contributed by atoms with E-state index < -0.39 is 22.0 Å². The summed E-state index contributed by atoms with van der Waals surface area (Å²) in [6.45, 7) is 3.40. The number of rotatable bonds is 5. The topological polar surface area (TPSA) is 74.7 Å². The van der Waals surface area contributed by atoms with E-state index in [-0.39, 0.29) is 12.1 Å². The molecule has 7 heteroatoms. The van der Waals surface area contributed by atoms with Crippen molar-refractivity contribution in [3.05, 3.63) is 28.8 Å². The number of benzene rings is 1. The molecule has 1 atom stereocenters. The van der Waals surface area contributed by atoms with Gasteiger partial charge >= 0.3 is 5.97 Å². The molecule has 0 saturated carbocycles.